The number of imide groups is 1. The van der Waals surface area contributed by atoms with Gasteiger partial charge in [0.2, 0.25) is 11.8 Å². The molecule has 2 N–H and O–H groups in total. The molecule has 11 heteroatoms. The highest BCUT2D eigenvalue weighted by atomic mass is 32.2. The number of para-hydroxylation sites is 1. The van der Waals surface area contributed by atoms with Crippen LogP contribution in [0.15, 0.2) is 89.8 Å². The molecule has 3 amide bonds. The Labute approximate surface area is 270 Å². The van der Waals surface area contributed by atoms with Gasteiger partial charge in [-0.15, -0.1) is 0 Å². The third-order valence-electron chi connectivity index (χ3n) is 8.34. The van der Waals surface area contributed by atoms with Crippen LogP contribution in [0.25, 0.3) is 11.3 Å². The topological polar surface area (TPSA) is 119 Å². The van der Waals surface area contributed by atoms with Crippen LogP contribution >= 0.6 is 0 Å². The van der Waals surface area contributed by atoms with Crippen LogP contribution in [-0.2, 0) is 27.1 Å². The smallest absolute Gasteiger partial charge is 0.321 e. The van der Waals surface area contributed by atoms with E-state index in [4.69, 9.17) is 19.2 Å². The number of fused-ring (bicyclic) bond motifs is 2. The molecule has 0 spiro atoms. The number of carbonyl (C=O) groups excluding carboxylic acids is 2. The van der Waals surface area contributed by atoms with E-state index in [1.54, 1.807) is 7.11 Å². The molecule has 1 fully saturated rings. The van der Waals surface area contributed by atoms with Crippen molar-refractivity contribution >= 4 is 22.9 Å². The number of hydrogen-bond donors (Lipinski definition) is 2. The third kappa shape index (κ3) is 6.53. The molecule has 1 saturated heterocycles. The van der Waals surface area contributed by atoms with Gasteiger partial charge in [0.1, 0.15) is 22.5 Å². The summed E-state index contributed by atoms with van der Waals surface area (Å²) in [5.41, 5.74) is 2.91. The highest BCUT2D eigenvalue weighted by molar-refractivity contribution is 7.82. The number of carbonyl (C=O) groups is 2. The molecule has 238 valence electrons. The predicted octanol–water partition coefficient (Wildman–Crippen LogP) is 5.40. The summed E-state index contributed by atoms with van der Waals surface area (Å²) in [5, 5.41) is 5.30. The SMILES string of the molecule is COc1ccc(CNC(=O)NC(=O)C(C)(C)[C@H]2c3ccccc3Oc3nc(-c4ccc(S(=O)N5CCOCC5)cc4)ccc32)cc1. The van der Waals surface area contributed by atoms with Gasteiger partial charge in [-0.1, -0.05) is 62.4 Å². The number of methoxy groups -OCH3 is 1. The van der Waals surface area contributed by atoms with Crippen molar-refractivity contribution < 1.29 is 28.0 Å². The maximum absolute atomic E-state index is 13.7. The van der Waals surface area contributed by atoms with Crippen LogP contribution in [0, 0.1) is 5.41 Å². The molecule has 1 unspecified atom stereocenters. The minimum Gasteiger partial charge on any atom is -0.497 e. The Bertz CT molecular complexity index is 1750. The van der Waals surface area contributed by atoms with Crippen molar-refractivity contribution in [2.75, 3.05) is 33.4 Å². The molecule has 3 aromatic carbocycles. The first-order valence-corrected chi connectivity index (χ1v) is 16.2. The molecule has 0 aliphatic carbocycles. The van der Waals surface area contributed by atoms with Crippen molar-refractivity contribution in [1.82, 2.24) is 19.9 Å². The second-order valence-corrected chi connectivity index (χ2v) is 13.2. The van der Waals surface area contributed by atoms with Crippen LogP contribution in [0.5, 0.6) is 17.4 Å². The number of rotatable bonds is 8. The van der Waals surface area contributed by atoms with Gasteiger partial charge in [-0.25, -0.2) is 18.3 Å². The van der Waals surface area contributed by atoms with Crippen molar-refractivity contribution in [2.45, 2.75) is 31.2 Å². The zero-order valence-corrected chi connectivity index (χ0v) is 26.8. The molecule has 46 heavy (non-hydrogen) atoms. The highest BCUT2D eigenvalue weighted by Crippen LogP contribution is 2.51. The van der Waals surface area contributed by atoms with E-state index >= 15 is 0 Å². The van der Waals surface area contributed by atoms with Crippen molar-refractivity contribution in [1.29, 1.82) is 0 Å². The number of morpholine rings is 1. The van der Waals surface area contributed by atoms with Crippen molar-refractivity contribution in [3.8, 4) is 28.6 Å². The largest absolute Gasteiger partial charge is 0.497 e. The Morgan fingerprint density at radius 1 is 0.957 bits per heavy atom. The van der Waals surface area contributed by atoms with E-state index in [9.17, 15) is 13.8 Å². The van der Waals surface area contributed by atoms with E-state index in [-0.39, 0.29) is 6.54 Å². The monoisotopic (exact) mass is 640 g/mol. The second-order valence-electron chi connectivity index (χ2n) is 11.7. The number of aromatic nitrogens is 1. The van der Waals surface area contributed by atoms with Gasteiger partial charge in [-0.3, -0.25) is 10.1 Å². The van der Waals surface area contributed by atoms with Gasteiger partial charge in [0.05, 0.1) is 36.3 Å². The van der Waals surface area contributed by atoms with Crippen LogP contribution < -0.4 is 20.1 Å². The molecule has 0 bridgehead atoms. The zero-order valence-electron chi connectivity index (χ0n) is 25.9. The van der Waals surface area contributed by atoms with Gasteiger partial charge < -0.3 is 19.5 Å². The summed E-state index contributed by atoms with van der Waals surface area (Å²) in [5.74, 6) is 0.846. The molecule has 10 nitrogen and oxygen atoms in total. The lowest BCUT2D eigenvalue weighted by Crippen LogP contribution is -2.48. The van der Waals surface area contributed by atoms with Gasteiger partial charge in [-0.05, 0) is 42.0 Å². The first-order valence-electron chi connectivity index (χ1n) is 15.1. The van der Waals surface area contributed by atoms with Gasteiger partial charge in [0.15, 0.2) is 0 Å². The minimum atomic E-state index is -1.26. The fraction of sp³-hybridized carbons (Fsp3) is 0.286. The number of nitrogens with zero attached hydrogens (tertiary/aromatic N) is 2. The fourth-order valence-electron chi connectivity index (χ4n) is 5.74. The molecule has 3 heterocycles. The summed E-state index contributed by atoms with van der Waals surface area (Å²) in [4.78, 5) is 32.1. The number of amides is 3. The molecule has 2 aliphatic rings. The Kier molecular flexibility index (Phi) is 9.16. The van der Waals surface area contributed by atoms with Crippen molar-refractivity contribution in [3.05, 3.63) is 102 Å². The molecule has 1 aromatic heterocycles. The molecule has 0 saturated carbocycles. The van der Waals surface area contributed by atoms with Crippen molar-refractivity contribution in [2.24, 2.45) is 5.41 Å². The number of urea groups is 1. The lowest BCUT2D eigenvalue weighted by molar-refractivity contribution is -0.128. The molecular formula is C35H36N4O6S. The summed E-state index contributed by atoms with van der Waals surface area (Å²) in [6.45, 7) is 6.29. The van der Waals surface area contributed by atoms with Crippen LogP contribution in [0.2, 0.25) is 0 Å². The average molecular weight is 641 g/mol. The average Bonchev–Trinajstić information content (AvgIpc) is 3.09. The van der Waals surface area contributed by atoms with E-state index < -0.39 is 34.3 Å². The predicted molar refractivity (Wildman–Crippen MR) is 174 cm³/mol. The number of hydrogen-bond acceptors (Lipinski definition) is 7. The molecular weight excluding hydrogens is 604 g/mol. The maximum Gasteiger partial charge on any atom is 0.321 e. The number of nitrogens with one attached hydrogen (secondary N) is 2. The Morgan fingerprint density at radius 2 is 1.67 bits per heavy atom. The molecule has 2 atom stereocenters. The highest BCUT2D eigenvalue weighted by Gasteiger charge is 2.44. The van der Waals surface area contributed by atoms with E-state index in [2.05, 4.69) is 10.6 Å². The Morgan fingerprint density at radius 3 is 2.39 bits per heavy atom. The third-order valence-corrected chi connectivity index (χ3v) is 9.85. The number of benzene rings is 3. The van der Waals surface area contributed by atoms with E-state index in [1.165, 1.54) is 0 Å². The summed E-state index contributed by atoms with van der Waals surface area (Å²) in [6.07, 6.45) is 0. The molecule has 6 rings (SSSR count). The number of ether oxygens (including phenoxy) is 3. The van der Waals surface area contributed by atoms with E-state index in [0.29, 0.717) is 43.6 Å². The van der Waals surface area contributed by atoms with Crippen molar-refractivity contribution in [3.63, 3.8) is 0 Å². The summed E-state index contributed by atoms with van der Waals surface area (Å²) in [7, 11) is 0.332. The lowest BCUT2D eigenvalue weighted by Gasteiger charge is -2.37. The van der Waals surface area contributed by atoms with Gasteiger partial charge in [-0.2, -0.15) is 0 Å². The molecule has 2 aliphatic heterocycles. The van der Waals surface area contributed by atoms with E-state index in [1.807, 2.05) is 103 Å². The van der Waals surface area contributed by atoms with Crippen LogP contribution in [-0.4, -0.2) is 58.8 Å². The van der Waals surface area contributed by atoms with Crippen LogP contribution in [0.4, 0.5) is 4.79 Å². The summed E-state index contributed by atoms with van der Waals surface area (Å²) in [6, 6.07) is 25.6. The Balaban J connectivity index is 1.21. The quantitative estimate of drug-likeness (QED) is 0.265. The van der Waals surface area contributed by atoms with Crippen LogP contribution in [0.3, 0.4) is 0 Å². The minimum absolute atomic E-state index is 0.253. The Hall–Kier alpha value is -4.58. The maximum atomic E-state index is 13.7. The normalized spacial score (nSPS) is 16.7. The first kappa shape index (κ1) is 31.4. The zero-order chi connectivity index (χ0) is 32.3. The van der Waals surface area contributed by atoms with Gasteiger partial charge >= 0.3 is 6.03 Å². The van der Waals surface area contributed by atoms with Gasteiger partial charge in [0, 0.05) is 42.2 Å². The standard InChI is InChI=1S/C35H36N4O6S/c1-35(2,33(40)38-34(41)36-22-23-8-12-25(43-3)13-9-23)31-27-6-4-5-7-30(27)45-32-28(31)16-17-29(37-32)24-10-14-26(15-11-24)46(42)39-18-20-44-21-19-39/h4-17,31H,18-22H2,1-3H3,(H2,36,38,40,41)/t31-,46?/m0/s1. The van der Waals surface area contributed by atoms with E-state index in [0.717, 1.165) is 32.9 Å². The van der Waals surface area contributed by atoms with Crippen LogP contribution in [0.1, 0.15) is 36.5 Å². The molecule has 4 aromatic rings. The first-order chi connectivity index (χ1) is 22.2. The fourth-order valence-corrected chi connectivity index (χ4v) is 6.89. The van der Waals surface area contributed by atoms with Gasteiger partial charge in [0.25, 0.3) is 0 Å². The summed E-state index contributed by atoms with van der Waals surface area (Å²) >= 11 is 0. The molecule has 0 radical (unpaired) electrons. The second kappa shape index (κ2) is 13.4. The summed E-state index contributed by atoms with van der Waals surface area (Å²) < 4.78 is 31.8. The lowest BCUT2D eigenvalue weighted by atomic mass is 9.69. The number of pyridine rings is 1.